The monoisotopic (exact) mass is 1190 g/mol. The third-order valence-corrected chi connectivity index (χ3v) is 16.0. The van der Waals surface area contributed by atoms with Crippen molar-refractivity contribution >= 4 is 11.9 Å². The molecule has 11 heteroatoms. The number of carbonyl (C=O) groups is 2. The number of amides is 1. The molecule has 1 aliphatic heterocycles. The standard InChI is InChI=1S/C74H129NO10/c1-4-7-10-13-16-19-22-24-26-28-30-31-32-33-34-35-36-38-39-41-43-46-49-52-55-58-61-67(78)73(82)75-65(66(77)60-57-54-51-48-45-21-18-15-12-9-6-3)64-83-74-72(71(81)70(80)68(63-76)84-74)85-69(79)62-59-56-53-50-47-44-42-40-37-29-27-25-23-20-17-14-11-8-5-2/h8,11,17,20,24-27,37,40,44,47,53,56-57,60,65-68,70-72,74,76-78,80-81H,4-7,9-10,12-16,18-19,21-23,28-36,38-39,41-43,45-46,48-52,54-55,58-59,61-64H2,1-3H3,(H,75,82)/b11-8-,20-17-,26-24+,27-25-,40-37-,47-44-,56-53-,60-57+. The summed E-state index contributed by atoms with van der Waals surface area (Å²) in [6.45, 7) is 5.65. The Labute approximate surface area is 520 Å². The lowest BCUT2D eigenvalue weighted by atomic mass is 9.99. The summed E-state index contributed by atoms with van der Waals surface area (Å²) >= 11 is 0. The Balaban J connectivity index is 2.58. The maximum Gasteiger partial charge on any atom is 0.306 e. The first-order valence-electron chi connectivity index (χ1n) is 35.0. The molecule has 0 radical (unpaired) electrons. The Morgan fingerprint density at radius 3 is 1.27 bits per heavy atom. The average Bonchev–Trinajstić information content (AvgIpc) is 2.90. The van der Waals surface area contributed by atoms with E-state index in [1.165, 1.54) is 167 Å². The zero-order valence-electron chi connectivity index (χ0n) is 54.5. The van der Waals surface area contributed by atoms with Crippen molar-refractivity contribution in [1.29, 1.82) is 0 Å². The number of aliphatic hydroxyl groups excluding tert-OH is 5. The van der Waals surface area contributed by atoms with Crippen LogP contribution in [0.1, 0.15) is 297 Å². The number of ether oxygens (including phenoxy) is 3. The van der Waals surface area contributed by atoms with Gasteiger partial charge in [0.25, 0.3) is 0 Å². The first-order valence-corrected chi connectivity index (χ1v) is 35.0. The van der Waals surface area contributed by atoms with Gasteiger partial charge in [0.05, 0.1) is 25.4 Å². The summed E-state index contributed by atoms with van der Waals surface area (Å²) in [5, 5.41) is 57.1. The minimum atomic E-state index is -1.65. The zero-order valence-corrected chi connectivity index (χ0v) is 54.5. The fraction of sp³-hybridized carbons (Fsp3) is 0.757. The van der Waals surface area contributed by atoms with Crippen LogP contribution in [0.3, 0.4) is 0 Å². The van der Waals surface area contributed by atoms with Crippen molar-refractivity contribution in [2.45, 2.75) is 346 Å². The van der Waals surface area contributed by atoms with E-state index < -0.39 is 67.4 Å². The molecule has 0 aromatic heterocycles. The van der Waals surface area contributed by atoms with Crippen LogP contribution >= 0.6 is 0 Å². The van der Waals surface area contributed by atoms with Gasteiger partial charge in [0.1, 0.15) is 24.4 Å². The third kappa shape index (κ3) is 48.2. The zero-order chi connectivity index (χ0) is 61.7. The molecule has 490 valence electrons. The summed E-state index contributed by atoms with van der Waals surface area (Å²) in [4.78, 5) is 26.6. The van der Waals surface area contributed by atoms with Gasteiger partial charge in [-0.3, -0.25) is 9.59 Å². The Hall–Kier alpha value is -3.42. The van der Waals surface area contributed by atoms with Crippen molar-refractivity contribution in [1.82, 2.24) is 5.32 Å². The van der Waals surface area contributed by atoms with E-state index >= 15 is 0 Å². The molecule has 0 saturated carbocycles. The van der Waals surface area contributed by atoms with E-state index in [0.717, 1.165) is 77.0 Å². The number of unbranched alkanes of at least 4 members (excludes halogenated alkanes) is 31. The average molecular weight is 1190 g/mol. The molecular weight excluding hydrogens is 1060 g/mol. The van der Waals surface area contributed by atoms with Crippen molar-refractivity contribution in [3.8, 4) is 0 Å². The van der Waals surface area contributed by atoms with Crippen molar-refractivity contribution in [2.75, 3.05) is 13.2 Å². The molecule has 6 N–H and O–H groups in total. The fourth-order valence-corrected chi connectivity index (χ4v) is 10.5. The number of hydrogen-bond acceptors (Lipinski definition) is 10. The number of allylic oxidation sites excluding steroid dienone is 15. The summed E-state index contributed by atoms with van der Waals surface area (Å²) in [5.41, 5.74) is 0. The van der Waals surface area contributed by atoms with Crippen LogP contribution in [0.4, 0.5) is 0 Å². The predicted octanol–water partition coefficient (Wildman–Crippen LogP) is 17.8. The van der Waals surface area contributed by atoms with Crippen LogP contribution in [-0.4, -0.2) is 99.6 Å². The molecular formula is C74H129NO10. The van der Waals surface area contributed by atoms with Crippen LogP contribution in [0.25, 0.3) is 0 Å². The lowest BCUT2D eigenvalue weighted by Crippen LogP contribution is -2.61. The Morgan fingerprint density at radius 1 is 0.471 bits per heavy atom. The fourth-order valence-electron chi connectivity index (χ4n) is 10.5. The van der Waals surface area contributed by atoms with Gasteiger partial charge in [0.2, 0.25) is 5.91 Å². The predicted molar refractivity (Wildman–Crippen MR) is 356 cm³/mol. The summed E-state index contributed by atoms with van der Waals surface area (Å²) in [7, 11) is 0. The summed E-state index contributed by atoms with van der Waals surface area (Å²) in [6, 6.07) is -1.04. The van der Waals surface area contributed by atoms with Gasteiger partial charge < -0.3 is 45.1 Å². The Kier molecular flexibility index (Phi) is 57.0. The molecule has 1 fully saturated rings. The van der Waals surface area contributed by atoms with Gasteiger partial charge in [-0.1, -0.05) is 298 Å². The maximum atomic E-state index is 13.5. The number of carbonyl (C=O) groups excluding carboxylic acids is 2. The van der Waals surface area contributed by atoms with Crippen LogP contribution in [0.5, 0.6) is 0 Å². The quantitative estimate of drug-likeness (QED) is 0.0195. The molecule has 85 heavy (non-hydrogen) atoms. The summed E-state index contributed by atoms with van der Waals surface area (Å²) in [5.74, 6) is -1.28. The lowest BCUT2D eigenvalue weighted by Gasteiger charge is -2.41. The van der Waals surface area contributed by atoms with Crippen LogP contribution < -0.4 is 5.32 Å². The van der Waals surface area contributed by atoms with Crippen molar-refractivity contribution in [2.24, 2.45) is 0 Å². The van der Waals surface area contributed by atoms with Crippen LogP contribution in [0, 0.1) is 0 Å². The van der Waals surface area contributed by atoms with Gasteiger partial charge in [0, 0.05) is 6.42 Å². The topological polar surface area (TPSA) is 175 Å². The third-order valence-electron chi connectivity index (χ3n) is 16.0. The highest BCUT2D eigenvalue weighted by Crippen LogP contribution is 2.26. The van der Waals surface area contributed by atoms with Gasteiger partial charge in [-0.2, -0.15) is 0 Å². The number of esters is 1. The normalized spacial score (nSPS) is 19.0. The highest BCUT2D eigenvalue weighted by atomic mass is 16.7. The van der Waals surface area contributed by atoms with Crippen LogP contribution in [0.2, 0.25) is 0 Å². The Morgan fingerprint density at radius 2 is 0.847 bits per heavy atom. The molecule has 8 atom stereocenters. The van der Waals surface area contributed by atoms with Gasteiger partial charge in [-0.25, -0.2) is 0 Å². The minimum Gasteiger partial charge on any atom is -0.454 e. The molecule has 8 unspecified atom stereocenters. The summed E-state index contributed by atoms with van der Waals surface area (Å²) < 4.78 is 17.6. The SMILES string of the molecule is CC/C=C\C/C=C\C/C=C\C/C=C\C/C=C\C/C=C\CCC(=O)OC1C(OCC(NC(=O)C(O)CCCCCCCCCCCCCCCCCC/C=C/CCCCCCCC)C(O)/C=C/CCCCCCCCCCC)OC(CO)C(O)C1O. The van der Waals surface area contributed by atoms with Crippen molar-refractivity contribution < 1.29 is 49.3 Å². The smallest absolute Gasteiger partial charge is 0.306 e. The van der Waals surface area contributed by atoms with E-state index in [2.05, 4.69) is 99.0 Å². The largest absolute Gasteiger partial charge is 0.454 e. The number of hydrogen-bond donors (Lipinski definition) is 6. The van der Waals surface area contributed by atoms with E-state index in [-0.39, 0.29) is 19.4 Å². The molecule has 1 heterocycles. The number of aliphatic hydroxyl groups is 5. The van der Waals surface area contributed by atoms with Crippen molar-refractivity contribution in [3.05, 3.63) is 97.2 Å². The second-order valence-corrected chi connectivity index (χ2v) is 23.9. The highest BCUT2D eigenvalue weighted by molar-refractivity contribution is 5.80. The molecule has 0 spiro atoms. The van der Waals surface area contributed by atoms with Crippen molar-refractivity contribution in [3.63, 3.8) is 0 Å². The van der Waals surface area contributed by atoms with Crippen LogP contribution in [0.15, 0.2) is 97.2 Å². The first-order chi connectivity index (χ1) is 41.7. The van der Waals surface area contributed by atoms with E-state index in [1.807, 2.05) is 18.2 Å². The molecule has 0 aromatic carbocycles. The maximum absolute atomic E-state index is 13.5. The Bertz CT molecular complexity index is 1750. The number of rotatable bonds is 59. The molecule has 0 bridgehead atoms. The molecule has 1 amide bonds. The molecule has 0 aromatic rings. The molecule has 1 saturated heterocycles. The highest BCUT2D eigenvalue weighted by Gasteiger charge is 2.47. The van der Waals surface area contributed by atoms with E-state index in [4.69, 9.17) is 14.2 Å². The van der Waals surface area contributed by atoms with E-state index in [0.29, 0.717) is 19.3 Å². The van der Waals surface area contributed by atoms with Gasteiger partial charge in [0.15, 0.2) is 12.4 Å². The van der Waals surface area contributed by atoms with E-state index in [1.54, 1.807) is 6.08 Å². The molecule has 0 aliphatic carbocycles. The first kappa shape index (κ1) is 79.6. The minimum absolute atomic E-state index is 0.00471. The lowest BCUT2D eigenvalue weighted by molar-refractivity contribution is -0.305. The van der Waals surface area contributed by atoms with Gasteiger partial charge in [-0.05, 0) is 89.9 Å². The molecule has 1 aliphatic rings. The van der Waals surface area contributed by atoms with Crippen LogP contribution in [-0.2, 0) is 23.8 Å². The number of nitrogens with one attached hydrogen (secondary N) is 1. The molecule has 11 nitrogen and oxygen atoms in total. The molecule has 1 rings (SSSR count). The van der Waals surface area contributed by atoms with E-state index in [9.17, 15) is 35.1 Å². The second-order valence-electron chi connectivity index (χ2n) is 23.9. The van der Waals surface area contributed by atoms with Gasteiger partial charge in [-0.15, -0.1) is 0 Å². The van der Waals surface area contributed by atoms with Gasteiger partial charge >= 0.3 is 5.97 Å². The second kappa shape index (κ2) is 60.8. The summed E-state index contributed by atoms with van der Waals surface area (Å²) in [6.07, 6.45) is 71.9.